The summed E-state index contributed by atoms with van der Waals surface area (Å²) in [6.07, 6.45) is 4.37. The van der Waals surface area contributed by atoms with E-state index in [0.717, 1.165) is 18.1 Å². The number of aryl methyl sites for hydroxylation is 2. The third kappa shape index (κ3) is 2.76. The highest BCUT2D eigenvalue weighted by Crippen LogP contribution is 2.18. The fourth-order valence-electron chi connectivity index (χ4n) is 1.72. The van der Waals surface area contributed by atoms with Crippen LogP contribution in [0.1, 0.15) is 39.3 Å². The maximum atomic E-state index is 4.43. The van der Waals surface area contributed by atoms with Crippen LogP contribution in [-0.4, -0.2) is 15.1 Å². The molecular formula is C11H21N3. The van der Waals surface area contributed by atoms with Crippen LogP contribution in [-0.2, 0) is 7.05 Å². The molecule has 0 aliphatic rings. The summed E-state index contributed by atoms with van der Waals surface area (Å²) >= 11 is 0. The minimum absolute atomic E-state index is 0.125. The monoisotopic (exact) mass is 195 g/mol. The molecule has 0 fully saturated rings. The van der Waals surface area contributed by atoms with Crippen LogP contribution in [0.2, 0.25) is 0 Å². The average molecular weight is 195 g/mol. The second-order valence-corrected chi connectivity index (χ2v) is 4.58. The fourth-order valence-corrected chi connectivity index (χ4v) is 1.72. The number of nitrogens with one attached hydrogen (secondary N) is 1. The highest BCUT2D eigenvalue weighted by Gasteiger charge is 2.17. The molecule has 0 aromatic carbocycles. The Labute approximate surface area is 86.5 Å². The molecule has 0 spiro atoms. The van der Waals surface area contributed by atoms with E-state index in [1.54, 1.807) is 0 Å². The minimum Gasteiger partial charge on any atom is -0.351 e. The van der Waals surface area contributed by atoms with Gasteiger partial charge in [-0.3, -0.25) is 0 Å². The topological polar surface area (TPSA) is 29.9 Å². The lowest BCUT2D eigenvalue weighted by Gasteiger charge is -2.26. The zero-order valence-electron chi connectivity index (χ0n) is 9.89. The van der Waals surface area contributed by atoms with Gasteiger partial charge in [0, 0.05) is 18.8 Å². The minimum atomic E-state index is 0.125. The first kappa shape index (κ1) is 11.1. The van der Waals surface area contributed by atoms with Gasteiger partial charge in [-0.05, 0) is 27.2 Å². The van der Waals surface area contributed by atoms with Gasteiger partial charge in [0.2, 0.25) is 5.95 Å². The lowest BCUT2D eigenvalue weighted by atomic mass is 9.99. The van der Waals surface area contributed by atoms with Crippen molar-refractivity contribution in [2.75, 3.05) is 5.32 Å². The SMILES string of the molecule is CCCC(C)(C)Nc1nc(C)cn1C. The Hall–Kier alpha value is -0.990. The molecule has 0 atom stereocenters. The van der Waals surface area contributed by atoms with E-state index in [1.807, 2.05) is 24.7 Å². The number of hydrogen-bond donors (Lipinski definition) is 1. The Morgan fingerprint density at radius 3 is 2.57 bits per heavy atom. The number of hydrogen-bond acceptors (Lipinski definition) is 2. The van der Waals surface area contributed by atoms with E-state index in [1.165, 1.54) is 6.42 Å². The molecule has 1 aromatic heterocycles. The Morgan fingerprint density at radius 1 is 1.50 bits per heavy atom. The van der Waals surface area contributed by atoms with Crippen LogP contribution < -0.4 is 5.32 Å². The van der Waals surface area contributed by atoms with Gasteiger partial charge in [0.05, 0.1) is 5.69 Å². The Morgan fingerprint density at radius 2 is 2.14 bits per heavy atom. The summed E-state index contributed by atoms with van der Waals surface area (Å²) in [5.74, 6) is 0.959. The molecular weight excluding hydrogens is 174 g/mol. The lowest BCUT2D eigenvalue weighted by Crippen LogP contribution is -2.31. The van der Waals surface area contributed by atoms with Gasteiger partial charge in [-0.25, -0.2) is 4.98 Å². The van der Waals surface area contributed by atoms with E-state index in [2.05, 4.69) is 31.1 Å². The second-order valence-electron chi connectivity index (χ2n) is 4.58. The zero-order valence-corrected chi connectivity index (χ0v) is 9.89. The van der Waals surface area contributed by atoms with E-state index in [-0.39, 0.29) is 5.54 Å². The van der Waals surface area contributed by atoms with Gasteiger partial charge >= 0.3 is 0 Å². The maximum Gasteiger partial charge on any atom is 0.203 e. The van der Waals surface area contributed by atoms with Gasteiger partial charge in [-0.1, -0.05) is 13.3 Å². The van der Waals surface area contributed by atoms with Gasteiger partial charge in [0.25, 0.3) is 0 Å². The molecule has 1 heterocycles. The summed E-state index contributed by atoms with van der Waals surface area (Å²) in [6.45, 7) is 8.63. The normalized spacial score (nSPS) is 11.8. The van der Waals surface area contributed by atoms with Gasteiger partial charge in [0.1, 0.15) is 0 Å². The lowest BCUT2D eigenvalue weighted by molar-refractivity contribution is 0.504. The predicted molar refractivity (Wildman–Crippen MR) is 60.6 cm³/mol. The van der Waals surface area contributed by atoms with Crippen LogP contribution in [0.4, 0.5) is 5.95 Å². The van der Waals surface area contributed by atoms with Crippen molar-refractivity contribution < 1.29 is 0 Å². The molecule has 0 saturated heterocycles. The molecule has 1 rings (SSSR count). The quantitative estimate of drug-likeness (QED) is 0.800. The number of imidazole rings is 1. The van der Waals surface area contributed by atoms with E-state index in [0.29, 0.717) is 0 Å². The number of anilines is 1. The smallest absolute Gasteiger partial charge is 0.203 e. The van der Waals surface area contributed by atoms with Crippen LogP contribution in [0.15, 0.2) is 6.20 Å². The van der Waals surface area contributed by atoms with Crippen LogP contribution in [0, 0.1) is 6.92 Å². The largest absolute Gasteiger partial charge is 0.351 e. The van der Waals surface area contributed by atoms with E-state index < -0.39 is 0 Å². The van der Waals surface area contributed by atoms with Crippen molar-refractivity contribution in [1.82, 2.24) is 9.55 Å². The number of nitrogens with zero attached hydrogens (tertiary/aromatic N) is 2. The standard InChI is InChI=1S/C11H21N3/c1-6-7-11(3,4)13-10-12-9(2)8-14(10)5/h8H,6-7H2,1-5H3,(H,12,13). The summed E-state index contributed by atoms with van der Waals surface area (Å²) in [6, 6.07) is 0. The summed E-state index contributed by atoms with van der Waals surface area (Å²) in [5.41, 5.74) is 1.18. The third-order valence-corrected chi connectivity index (χ3v) is 2.32. The van der Waals surface area contributed by atoms with Crippen molar-refractivity contribution in [2.24, 2.45) is 7.05 Å². The van der Waals surface area contributed by atoms with Crippen LogP contribution >= 0.6 is 0 Å². The summed E-state index contributed by atoms with van der Waals surface area (Å²) in [4.78, 5) is 4.43. The number of rotatable bonds is 4. The molecule has 0 aliphatic carbocycles. The molecule has 0 radical (unpaired) electrons. The van der Waals surface area contributed by atoms with Crippen molar-refractivity contribution in [2.45, 2.75) is 46.1 Å². The first-order valence-corrected chi connectivity index (χ1v) is 5.23. The maximum absolute atomic E-state index is 4.43. The second kappa shape index (κ2) is 4.03. The van der Waals surface area contributed by atoms with Crippen molar-refractivity contribution in [1.29, 1.82) is 0 Å². The Balaban J connectivity index is 2.72. The molecule has 0 bridgehead atoms. The Kier molecular flexibility index (Phi) is 3.19. The molecule has 14 heavy (non-hydrogen) atoms. The Bertz CT molecular complexity index is 299. The predicted octanol–water partition coefficient (Wildman–Crippen LogP) is 2.72. The molecule has 80 valence electrons. The summed E-state index contributed by atoms with van der Waals surface area (Å²) < 4.78 is 2.03. The van der Waals surface area contributed by atoms with Gasteiger partial charge < -0.3 is 9.88 Å². The summed E-state index contributed by atoms with van der Waals surface area (Å²) in [5, 5.41) is 3.46. The fraction of sp³-hybridized carbons (Fsp3) is 0.727. The van der Waals surface area contributed by atoms with Crippen molar-refractivity contribution in [3.05, 3.63) is 11.9 Å². The van der Waals surface area contributed by atoms with Crippen LogP contribution in [0.3, 0.4) is 0 Å². The first-order chi connectivity index (χ1) is 6.44. The van der Waals surface area contributed by atoms with Gasteiger partial charge in [-0.15, -0.1) is 0 Å². The van der Waals surface area contributed by atoms with E-state index in [9.17, 15) is 0 Å². The van der Waals surface area contributed by atoms with Gasteiger partial charge in [-0.2, -0.15) is 0 Å². The molecule has 0 amide bonds. The highest BCUT2D eigenvalue weighted by atomic mass is 15.2. The third-order valence-electron chi connectivity index (χ3n) is 2.32. The molecule has 1 aromatic rings. The van der Waals surface area contributed by atoms with Gasteiger partial charge in [0.15, 0.2) is 0 Å². The molecule has 0 aliphatic heterocycles. The molecule has 0 saturated carbocycles. The molecule has 3 nitrogen and oxygen atoms in total. The number of aromatic nitrogens is 2. The first-order valence-electron chi connectivity index (χ1n) is 5.23. The molecule has 3 heteroatoms. The van der Waals surface area contributed by atoms with Crippen LogP contribution in [0.25, 0.3) is 0 Å². The van der Waals surface area contributed by atoms with Crippen molar-refractivity contribution in [3.63, 3.8) is 0 Å². The average Bonchev–Trinajstić information content (AvgIpc) is 2.28. The van der Waals surface area contributed by atoms with Crippen molar-refractivity contribution in [3.8, 4) is 0 Å². The highest BCUT2D eigenvalue weighted by molar-refractivity contribution is 5.31. The van der Waals surface area contributed by atoms with Crippen molar-refractivity contribution >= 4 is 5.95 Å². The zero-order chi connectivity index (χ0) is 10.8. The van der Waals surface area contributed by atoms with E-state index in [4.69, 9.17) is 0 Å². The molecule has 1 N–H and O–H groups in total. The summed E-state index contributed by atoms with van der Waals surface area (Å²) in [7, 11) is 2.02. The van der Waals surface area contributed by atoms with E-state index >= 15 is 0 Å². The molecule has 0 unspecified atom stereocenters. The van der Waals surface area contributed by atoms with Crippen LogP contribution in [0.5, 0.6) is 0 Å².